The second-order valence-electron chi connectivity index (χ2n) is 3.41. The summed E-state index contributed by atoms with van der Waals surface area (Å²) >= 11 is 0. The number of halogens is 3. The van der Waals surface area contributed by atoms with Gasteiger partial charge in [0.15, 0.2) is 11.7 Å². The molecule has 2 rings (SSSR count). The molecule has 0 bridgehead atoms. The number of alkyl halides is 3. The van der Waals surface area contributed by atoms with Gasteiger partial charge in [-0.2, -0.15) is 0 Å². The van der Waals surface area contributed by atoms with E-state index in [1.165, 1.54) is 23.1 Å². The van der Waals surface area contributed by atoms with Gasteiger partial charge < -0.3 is 15.4 Å². The van der Waals surface area contributed by atoms with Crippen molar-refractivity contribution in [2.45, 2.75) is 6.36 Å². The molecule has 0 fully saturated rings. The highest BCUT2D eigenvalue weighted by Gasteiger charge is 2.33. The van der Waals surface area contributed by atoms with Crippen LogP contribution in [-0.4, -0.2) is 25.4 Å². The number of aliphatic imine (C=N–C) groups is 1. The zero-order chi connectivity index (χ0) is 12.5. The van der Waals surface area contributed by atoms with Gasteiger partial charge in [-0.1, -0.05) is 12.1 Å². The maximum atomic E-state index is 12.2. The number of nitrogens with two attached hydrogens (primary N) is 1. The maximum Gasteiger partial charge on any atom is 0.573 e. The van der Waals surface area contributed by atoms with Crippen LogP contribution in [0.5, 0.6) is 5.75 Å². The molecule has 1 aliphatic heterocycles. The van der Waals surface area contributed by atoms with Gasteiger partial charge in [-0.3, -0.25) is 4.99 Å². The molecule has 0 aliphatic carbocycles. The molecule has 1 heterocycles. The standard InChI is InChI=1S/C10H10F3N3O/c11-10(12,13)17-8-4-2-1-3-7(8)16-6-5-15-9(16)14/h1-4H,5-6H2,(H2,14,15). The number of rotatable bonds is 2. The number of guanidine groups is 1. The van der Waals surface area contributed by atoms with Crippen LogP contribution in [0.2, 0.25) is 0 Å². The van der Waals surface area contributed by atoms with E-state index in [0.29, 0.717) is 13.1 Å². The summed E-state index contributed by atoms with van der Waals surface area (Å²) < 4.78 is 40.6. The Labute approximate surface area is 95.5 Å². The third kappa shape index (κ3) is 2.61. The van der Waals surface area contributed by atoms with E-state index in [2.05, 4.69) is 9.73 Å². The Bertz CT molecular complexity index is 445. The van der Waals surface area contributed by atoms with E-state index in [1.54, 1.807) is 6.07 Å². The van der Waals surface area contributed by atoms with Gasteiger partial charge in [-0.05, 0) is 12.1 Å². The molecular weight excluding hydrogens is 235 g/mol. The number of nitrogens with zero attached hydrogens (tertiary/aromatic N) is 2. The van der Waals surface area contributed by atoms with Crippen molar-refractivity contribution in [1.82, 2.24) is 0 Å². The van der Waals surface area contributed by atoms with Crippen LogP contribution in [0.25, 0.3) is 0 Å². The molecule has 0 radical (unpaired) electrons. The number of para-hydroxylation sites is 2. The molecule has 0 unspecified atom stereocenters. The highest BCUT2D eigenvalue weighted by Crippen LogP contribution is 2.33. The average molecular weight is 245 g/mol. The predicted molar refractivity (Wildman–Crippen MR) is 57.0 cm³/mol. The smallest absolute Gasteiger partial charge is 0.404 e. The van der Waals surface area contributed by atoms with Gasteiger partial charge in [0.2, 0.25) is 0 Å². The van der Waals surface area contributed by atoms with E-state index in [-0.39, 0.29) is 17.4 Å². The van der Waals surface area contributed by atoms with Crippen molar-refractivity contribution in [3.8, 4) is 5.75 Å². The zero-order valence-electron chi connectivity index (χ0n) is 8.74. The van der Waals surface area contributed by atoms with Crippen LogP contribution in [0.15, 0.2) is 29.3 Å². The van der Waals surface area contributed by atoms with Crippen LogP contribution < -0.4 is 15.4 Å². The Morgan fingerprint density at radius 3 is 2.59 bits per heavy atom. The zero-order valence-corrected chi connectivity index (χ0v) is 8.74. The largest absolute Gasteiger partial charge is 0.573 e. The molecule has 4 nitrogen and oxygen atoms in total. The predicted octanol–water partition coefficient (Wildman–Crippen LogP) is 1.72. The lowest BCUT2D eigenvalue weighted by atomic mass is 10.2. The maximum absolute atomic E-state index is 12.2. The molecule has 0 saturated heterocycles. The first kappa shape index (κ1) is 11.6. The van der Waals surface area contributed by atoms with Crippen molar-refractivity contribution >= 4 is 11.6 Å². The van der Waals surface area contributed by atoms with Crippen molar-refractivity contribution < 1.29 is 17.9 Å². The Morgan fingerprint density at radius 2 is 2.00 bits per heavy atom. The molecule has 2 N–H and O–H groups in total. The highest BCUT2D eigenvalue weighted by molar-refractivity contribution is 5.97. The fraction of sp³-hybridized carbons (Fsp3) is 0.300. The van der Waals surface area contributed by atoms with Crippen LogP contribution in [0.3, 0.4) is 0 Å². The van der Waals surface area contributed by atoms with Gasteiger partial charge in [-0.25, -0.2) is 0 Å². The van der Waals surface area contributed by atoms with Crippen LogP contribution in [0.4, 0.5) is 18.9 Å². The minimum absolute atomic E-state index is 0.197. The molecule has 0 amide bonds. The SMILES string of the molecule is NC1=NCCN1c1ccccc1OC(F)(F)F. The summed E-state index contributed by atoms with van der Waals surface area (Å²) in [6, 6.07) is 5.83. The third-order valence-electron chi connectivity index (χ3n) is 2.26. The summed E-state index contributed by atoms with van der Waals surface area (Å²) in [6.45, 7) is 0.913. The molecule has 1 aliphatic rings. The molecule has 1 aromatic rings. The van der Waals surface area contributed by atoms with E-state index < -0.39 is 6.36 Å². The van der Waals surface area contributed by atoms with E-state index in [0.717, 1.165) is 0 Å². The summed E-state index contributed by atoms with van der Waals surface area (Å²) in [5.74, 6) is -0.0803. The van der Waals surface area contributed by atoms with Crippen molar-refractivity contribution in [2.24, 2.45) is 10.7 Å². The fourth-order valence-electron chi connectivity index (χ4n) is 1.60. The minimum atomic E-state index is -4.72. The van der Waals surface area contributed by atoms with Gasteiger partial charge in [0.05, 0.1) is 12.2 Å². The molecule has 0 saturated carbocycles. The number of benzene rings is 1. The van der Waals surface area contributed by atoms with Crippen LogP contribution in [0, 0.1) is 0 Å². The van der Waals surface area contributed by atoms with Crippen molar-refractivity contribution in [3.63, 3.8) is 0 Å². The van der Waals surface area contributed by atoms with Crippen LogP contribution >= 0.6 is 0 Å². The molecular formula is C10H10F3N3O. The topological polar surface area (TPSA) is 50.8 Å². The Kier molecular flexibility index (Phi) is 2.83. The average Bonchev–Trinajstić information content (AvgIpc) is 2.63. The lowest BCUT2D eigenvalue weighted by molar-refractivity contribution is -0.274. The summed E-state index contributed by atoms with van der Waals surface area (Å²) in [6.07, 6.45) is -4.72. The first-order chi connectivity index (χ1) is 7.97. The van der Waals surface area contributed by atoms with E-state index in [9.17, 15) is 13.2 Å². The summed E-state index contributed by atoms with van der Waals surface area (Å²) in [5, 5.41) is 0. The van der Waals surface area contributed by atoms with Gasteiger partial charge in [0, 0.05) is 6.54 Å². The molecule has 0 spiro atoms. The van der Waals surface area contributed by atoms with Crippen molar-refractivity contribution in [3.05, 3.63) is 24.3 Å². The van der Waals surface area contributed by atoms with E-state index in [1.807, 2.05) is 0 Å². The molecule has 17 heavy (non-hydrogen) atoms. The highest BCUT2D eigenvalue weighted by atomic mass is 19.4. The van der Waals surface area contributed by atoms with Crippen LogP contribution in [0.1, 0.15) is 0 Å². The number of ether oxygens (including phenoxy) is 1. The Balaban J connectivity index is 2.31. The summed E-state index contributed by atoms with van der Waals surface area (Å²) in [5.41, 5.74) is 5.85. The van der Waals surface area contributed by atoms with E-state index >= 15 is 0 Å². The second-order valence-corrected chi connectivity index (χ2v) is 3.41. The lowest BCUT2D eigenvalue weighted by Gasteiger charge is -2.21. The Hall–Kier alpha value is -1.92. The van der Waals surface area contributed by atoms with Gasteiger partial charge in [0.1, 0.15) is 0 Å². The first-order valence-electron chi connectivity index (χ1n) is 4.89. The first-order valence-corrected chi connectivity index (χ1v) is 4.89. The summed E-state index contributed by atoms with van der Waals surface area (Å²) in [7, 11) is 0. The minimum Gasteiger partial charge on any atom is -0.404 e. The molecule has 0 aromatic heterocycles. The number of anilines is 1. The molecule has 0 atom stereocenters. The quantitative estimate of drug-likeness (QED) is 0.863. The number of hydrogen-bond donors (Lipinski definition) is 1. The van der Waals surface area contributed by atoms with Crippen molar-refractivity contribution in [1.29, 1.82) is 0 Å². The molecule has 1 aromatic carbocycles. The third-order valence-corrected chi connectivity index (χ3v) is 2.26. The Morgan fingerprint density at radius 1 is 1.29 bits per heavy atom. The van der Waals surface area contributed by atoms with Crippen LogP contribution in [-0.2, 0) is 0 Å². The number of hydrogen-bond acceptors (Lipinski definition) is 4. The molecule has 92 valence electrons. The summed E-state index contributed by atoms with van der Waals surface area (Å²) in [4.78, 5) is 5.40. The second kappa shape index (κ2) is 4.15. The lowest BCUT2D eigenvalue weighted by Crippen LogP contribution is -2.34. The monoisotopic (exact) mass is 245 g/mol. The van der Waals surface area contributed by atoms with E-state index in [4.69, 9.17) is 5.73 Å². The van der Waals surface area contributed by atoms with Gasteiger partial charge in [0.25, 0.3) is 0 Å². The van der Waals surface area contributed by atoms with Gasteiger partial charge >= 0.3 is 6.36 Å². The van der Waals surface area contributed by atoms with Gasteiger partial charge in [-0.15, -0.1) is 13.2 Å². The fourth-order valence-corrected chi connectivity index (χ4v) is 1.60. The molecule has 7 heteroatoms. The van der Waals surface area contributed by atoms with Crippen molar-refractivity contribution in [2.75, 3.05) is 18.0 Å². The normalized spacial score (nSPS) is 15.9.